The maximum absolute atomic E-state index is 12.9. The van der Waals surface area contributed by atoms with Crippen molar-refractivity contribution in [1.82, 2.24) is 9.62 Å². The van der Waals surface area contributed by atoms with Crippen LogP contribution in [0.15, 0.2) is 29.2 Å². The molecule has 0 unspecified atom stereocenters. The first kappa shape index (κ1) is 21.9. The molecular weight excluding hydrogens is 364 g/mol. The van der Waals surface area contributed by atoms with Crippen LogP contribution in [-0.2, 0) is 10.0 Å². The fourth-order valence-electron chi connectivity index (χ4n) is 3.45. The van der Waals surface area contributed by atoms with Crippen LogP contribution in [-0.4, -0.2) is 50.0 Å². The van der Waals surface area contributed by atoms with Crippen molar-refractivity contribution in [2.24, 2.45) is 5.92 Å². The number of carbonyl (C=O) groups is 1. The Morgan fingerprint density at radius 3 is 2.67 bits per heavy atom. The van der Waals surface area contributed by atoms with Crippen molar-refractivity contribution in [1.29, 1.82) is 0 Å². The maximum atomic E-state index is 12.9. The predicted octanol–water partition coefficient (Wildman–Crippen LogP) is 2.78. The third-order valence-corrected chi connectivity index (χ3v) is 7.24. The number of sulfonamides is 1. The normalized spacial score (nSPS) is 17.0. The second-order valence-electron chi connectivity index (χ2n) is 7.53. The monoisotopic (exact) mass is 396 g/mol. The zero-order valence-corrected chi connectivity index (χ0v) is 17.2. The quantitative estimate of drug-likeness (QED) is 0.629. The zero-order chi connectivity index (χ0) is 19.9. The van der Waals surface area contributed by atoms with Gasteiger partial charge in [-0.05, 0) is 49.8 Å². The summed E-state index contributed by atoms with van der Waals surface area (Å²) < 4.78 is 27.4. The fraction of sp³-hybridized carbons (Fsp3) is 0.650. The van der Waals surface area contributed by atoms with Crippen LogP contribution in [0.3, 0.4) is 0 Å². The highest BCUT2D eigenvalue weighted by Crippen LogP contribution is 2.26. The van der Waals surface area contributed by atoms with Crippen LogP contribution in [0.4, 0.5) is 0 Å². The molecular formula is C20H32N2O4S. The Bertz CT molecular complexity index is 714. The van der Waals surface area contributed by atoms with Gasteiger partial charge in [-0.1, -0.05) is 32.3 Å². The molecule has 0 bridgehead atoms. The number of nitrogens with zero attached hydrogens (tertiary/aromatic N) is 1. The van der Waals surface area contributed by atoms with Gasteiger partial charge in [0.25, 0.3) is 5.91 Å². The van der Waals surface area contributed by atoms with Gasteiger partial charge in [-0.25, -0.2) is 8.42 Å². The highest BCUT2D eigenvalue weighted by Gasteiger charge is 2.29. The van der Waals surface area contributed by atoms with E-state index in [9.17, 15) is 13.2 Å². The number of hydrogen-bond acceptors (Lipinski definition) is 4. The van der Waals surface area contributed by atoms with Gasteiger partial charge in [-0.15, -0.1) is 0 Å². The van der Waals surface area contributed by atoms with Crippen molar-refractivity contribution in [3.05, 3.63) is 29.8 Å². The second-order valence-corrected chi connectivity index (χ2v) is 9.52. The smallest absolute Gasteiger partial charge is 0.251 e. The van der Waals surface area contributed by atoms with Crippen LogP contribution in [0.1, 0.15) is 62.2 Å². The third kappa shape index (κ3) is 6.02. The summed E-state index contributed by atoms with van der Waals surface area (Å²) in [4.78, 5) is 12.5. The standard InChI is InChI=1S/C20H32N2O4S/c1-16(15-23)8-7-13-21-20(24)17-9-6-12-19(14-17)27(25,26)22(2)18-10-4-3-5-11-18/h6,9,12,14,16,18,23H,3-5,7-8,10-11,13,15H2,1-2H3,(H,21,24)/t16-/m1/s1. The molecule has 1 aliphatic carbocycles. The number of hydrogen-bond donors (Lipinski definition) is 2. The number of aliphatic hydroxyl groups is 1. The number of rotatable bonds is 9. The molecule has 1 aromatic carbocycles. The van der Waals surface area contributed by atoms with Gasteiger partial charge < -0.3 is 10.4 Å². The molecule has 1 amide bonds. The van der Waals surface area contributed by atoms with E-state index in [0.717, 1.165) is 44.9 Å². The van der Waals surface area contributed by atoms with Gasteiger partial charge in [0, 0.05) is 31.8 Å². The summed E-state index contributed by atoms with van der Waals surface area (Å²) in [6.07, 6.45) is 6.67. The Labute approximate surface area is 163 Å². The van der Waals surface area contributed by atoms with Crippen molar-refractivity contribution < 1.29 is 18.3 Å². The average Bonchev–Trinajstić information content (AvgIpc) is 2.70. The molecule has 0 radical (unpaired) electrons. The largest absolute Gasteiger partial charge is 0.396 e. The van der Waals surface area contributed by atoms with Crippen molar-refractivity contribution in [2.75, 3.05) is 20.2 Å². The van der Waals surface area contributed by atoms with Crippen molar-refractivity contribution in [3.63, 3.8) is 0 Å². The van der Waals surface area contributed by atoms with Gasteiger partial charge in [-0.3, -0.25) is 4.79 Å². The molecule has 1 saturated carbocycles. The lowest BCUT2D eigenvalue weighted by Gasteiger charge is -2.30. The molecule has 0 heterocycles. The highest BCUT2D eigenvalue weighted by atomic mass is 32.2. The molecule has 6 nitrogen and oxygen atoms in total. The van der Waals surface area contributed by atoms with Gasteiger partial charge >= 0.3 is 0 Å². The van der Waals surface area contributed by atoms with Crippen molar-refractivity contribution in [2.45, 2.75) is 62.8 Å². The first-order valence-electron chi connectivity index (χ1n) is 9.83. The van der Waals surface area contributed by atoms with Crippen molar-refractivity contribution >= 4 is 15.9 Å². The van der Waals surface area contributed by atoms with E-state index in [1.165, 1.54) is 10.4 Å². The van der Waals surface area contributed by atoms with E-state index in [2.05, 4.69) is 5.32 Å². The lowest BCUT2D eigenvalue weighted by atomic mass is 9.96. The second kappa shape index (κ2) is 10.2. The number of aliphatic hydroxyl groups excluding tert-OH is 1. The van der Waals surface area contributed by atoms with Gasteiger partial charge in [0.1, 0.15) is 0 Å². The SMILES string of the molecule is C[C@@H](CO)CCCNC(=O)c1cccc(S(=O)(=O)N(C)C2CCCCC2)c1. The van der Waals surface area contributed by atoms with Gasteiger partial charge in [0.05, 0.1) is 4.90 Å². The molecule has 2 N–H and O–H groups in total. The Hall–Kier alpha value is -1.44. The first-order valence-corrected chi connectivity index (χ1v) is 11.3. The molecule has 7 heteroatoms. The lowest BCUT2D eigenvalue weighted by molar-refractivity contribution is 0.0952. The summed E-state index contributed by atoms with van der Waals surface area (Å²) in [5, 5.41) is 11.8. The molecule has 2 rings (SSSR count). The third-order valence-electron chi connectivity index (χ3n) is 5.33. The molecule has 1 aliphatic rings. The van der Waals surface area contributed by atoms with Crippen LogP contribution >= 0.6 is 0 Å². The Morgan fingerprint density at radius 2 is 2.00 bits per heavy atom. The molecule has 0 saturated heterocycles. The van der Waals surface area contributed by atoms with E-state index >= 15 is 0 Å². The summed E-state index contributed by atoms with van der Waals surface area (Å²) in [5.74, 6) is -0.0604. The average molecular weight is 397 g/mol. The Balaban J connectivity index is 2.01. The minimum Gasteiger partial charge on any atom is -0.396 e. The van der Waals surface area contributed by atoms with Gasteiger partial charge in [-0.2, -0.15) is 4.31 Å². The Morgan fingerprint density at radius 1 is 1.30 bits per heavy atom. The first-order chi connectivity index (χ1) is 12.9. The van der Waals surface area contributed by atoms with Crippen LogP contribution in [0.5, 0.6) is 0 Å². The topological polar surface area (TPSA) is 86.7 Å². The summed E-state index contributed by atoms with van der Waals surface area (Å²) in [6.45, 7) is 2.60. The number of nitrogens with one attached hydrogen (secondary N) is 1. The summed E-state index contributed by atoms with van der Waals surface area (Å²) in [6, 6.07) is 6.29. The van der Waals surface area contributed by atoms with Crippen molar-refractivity contribution in [3.8, 4) is 0 Å². The van der Waals surface area contributed by atoms with Gasteiger partial charge in [0.2, 0.25) is 10.0 Å². The van der Waals surface area contributed by atoms with E-state index in [1.807, 2.05) is 6.92 Å². The molecule has 1 atom stereocenters. The van der Waals surface area contributed by atoms with E-state index in [4.69, 9.17) is 5.11 Å². The number of carbonyl (C=O) groups excluding carboxylic acids is 1. The van der Waals surface area contributed by atoms with E-state index < -0.39 is 10.0 Å². The van der Waals surface area contributed by atoms with E-state index in [0.29, 0.717) is 12.1 Å². The highest BCUT2D eigenvalue weighted by molar-refractivity contribution is 7.89. The zero-order valence-electron chi connectivity index (χ0n) is 16.4. The predicted molar refractivity (Wildman–Crippen MR) is 106 cm³/mol. The van der Waals surface area contributed by atoms with Gasteiger partial charge in [0.15, 0.2) is 0 Å². The minimum absolute atomic E-state index is 0.0368. The fourth-order valence-corrected chi connectivity index (χ4v) is 4.91. The molecule has 0 aliphatic heterocycles. The molecule has 27 heavy (non-hydrogen) atoms. The van der Waals surface area contributed by atoms with Crippen LogP contribution in [0, 0.1) is 5.92 Å². The lowest BCUT2D eigenvalue weighted by Crippen LogP contribution is -2.38. The van der Waals surface area contributed by atoms with E-state index in [-0.39, 0.29) is 29.4 Å². The Kier molecular flexibility index (Phi) is 8.26. The molecule has 1 fully saturated rings. The maximum Gasteiger partial charge on any atom is 0.251 e. The van der Waals surface area contributed by atoms with Crippen LogP contribution in [0.25, 0.3) is 0 Å². The summed E-state index contributed by atoms with van der Waals surface area (Å²) >= 11 is 0. The van der Waals surface area contributed by atoms with Crippen LogP contribution < -0.4 is 5.32 Å². The molecule has 0 spiro atoms. The number of benzene rings is 1. The minimum atomic E-state index is -3.61. The molecule has 1 aromatic rings. The van der Waals surface area contributed by atoms with Crippen LogP contribution in [0.2, 0.25) is 0 Å². The molecule has 0 aromatic heterocycles. The number of amides is 1. The molecule has 152 valence electrons. The summed E-state index contributed by atoms with van der Waals surface area (Å²) in [5.41, 5.74) is 0.350. The van der Waals surface area contributed by atoms with E-state index in [1.54, 1.807) is 25.2 Å². The summed E-state index contributed by atoms with van der Waals surface area (Å²) in [7, 11) is -1.97.